The highest BCUT2D eigenvalue weighted by Gasteiger charge is 2.16. The Morgan fingerprint density at radius 2 is 1.78 bits per heavy atom. The molecule has 0 aliphatic rings. The van der Waals surface area contributed by atoms with E-state index in [1.54, 1.807) is 37.3 Å². The van der Waals surface area contributed by atoms with Gasteiger partial charge < -0.3 is 15.4 Å². The topological polar surface area (TPSA) is 67.4 Å². The fraction of sp³-hybridized carbons (Fsp3) is 0.263. The van der Waals surface area contributed by atoms with Crippen molar-refractivity contribution in [3.63, 3.8) is 0 Å². The van der Waals surface area contributed by atoms with Crippen LogP contribution in [0.1, 0.15) is 13.8 Å². The predicted molar refractivity (Wildman–Crippen MR) is 113 cm³/mol. The fourth-order valence-corrected chi connectivity index (χ4v) is 3.39. The number of carbonyl (C=O) groups is 2. The third kappa shape index (κ3) is 6.97. The number of nitrogens with one attached hydrogen (secondary N) is 2. The Bertz CT molecular complexity index is 797. The highest BCUT2D eigenvalue weighted by molar-refractivity contribution is 8.01. The molecule has 0 aromatic heterocycles. The average Bonchev–Trinajstić information content (AvgIpc) is 2.60. The van der Waals surface area contributed by atoms with Crippen molar-refractivity contribution in [2.45, 2.75) is 19.1 Å². The van der Waals surface area contributed by atoms with Crippen LogP contribution in [0.15, 0.2) is 42.5 Å². The molecule has 0 aliphatic heterocycles. The maximum Gasteiger partial charge on any atom is 0.237 e. The van der Waals surface area contributed by atoms with Crippen LogP contribution in [0.4, 0.5) is 11.4 Å². The average molecular weight is 427 g/mol. The molecule has 0 saturated carbocycles. The van der Waals surface area contributed by atoms with Crippen LogP contribution < -0.4 is 15.4 Å². The summed E-state index contributed by atoms with van der Waals surface area (Å²) >= 11 is 13.1. The Kier molecular flexibility index (Phi) is 8.28. The van der Waals surface area contributed by atoms with Gasteiger partial charge >= 0.3 is 0 Å². The van der Waals surface area contributed by atoms with E-state index in [1.807, 2.05) is 19.1 Å². The van der Waals surface area contributed by atoms with Gasteiger partial charge in [0.1, 0.15) is 5.75 Å². The van der Waals surface area contributed by atoms with E-state index in [0.717, 1.165) is 0 Å². The van der Waals surface area contributed by atoms with Gasteiger partial charge in [-0.15, -0.1) is 11.8 Å². The molecule has 2 amide bonds. The lowest BCUT2D eigenvalue weighted by Crippen LogP contribution is -2.25. The van der Waals surface area contributed by atoms with E-state index in [0.29, 0.717) is 33.8 Å². The molecule has 144 valence electrons. The molecule has 0 bridgehead atoms. The lowest BCUT2D eigenvalue weighted by molar-refractivity contribution is -0.115. The Morgan fingerprint density at radius 1 is 1.11 bits per heavy atom. The zero-order valence-electron chi connectivity index (χ0n) is 14.9. The molecular formula is C19H20Cl2N2O3S. The van der Waals surface area contributed by atoms with Crippen LogP contribution >= 0.6 is 35.0 Å². The standard InChI is InChI=1S/C19H20Cl2N2O3S/c1-3-26-17-7-5-4-6-16(17)23-18(24)11-27-12(2)19(25)22-15-9-13(20)8-14(21)10-15/h4-10,12H,3,11H2,1-2H3,(H,22,25)(H,23,24). The van der Waals surface area contributed by atoms with Crippen molar-refractivity contribution >= 4 is 58.2 Å². The summed E-state index contributed by atoms with van der Waals surface area (Å²) in [6.45, 7) is 4.11. The molecule has 0 spiro atoms. The van der Waals surface area contributed by atoms with Gasteiger partial charge in [-0.1, -0.05) is 35.3 Å². The van der Waals surface area contributed by atoms with Crippen LogP contribution in [0.5, 0.6) is 5.75 Å². The minimum Gasteiger partial charge on any atom is -0.492 e. The number of anilines is 2. The molecule has 0 aliphatic carbocycles. The Morgan fingerprint density at radius 3 is 2.44 bits per heavy atom. The first-order chi connectivity index (χ1) is 12.9. The second kappa shape index (κ2) is 10.4. The molecule has 8 heteroatoms. The summed E-state index contributed by atoms with van der Waals surface area (Å²) in [7, 11) is 0. The van der Waals surface area contributed by atoms with E-state index in [4.69, 9.17) is 27.9 Å². The van der Waals surface area contributed by atoms with Crippen LogP contribution in [0.3, 0.4) is 0 Å². The van der Waals surface area contributed by atoms with Crippen molar-refractivity contribution in [2.24, 2.45) is 0 Å². The molecular weight excluding hydrogens is 407 g/mol. The minimum absolute atomic E-state index is 0.130. The van der Waals surface area contributed by atoms with Gasteiger partial charge in [-0.05, 0) is 44.2 Å². The van der Waals surface area contributed by atoms with E-state index >= 15 is 0 Å². The number of ether oxygens (including phenoxy) is 1. The molecule has 5 nitrogen and oxygen atoms in total. The SMILES string of the molecule is CCOc1ccccc1NC(=O)CSC(C)C(=O)Nc1cc(Cl)cc(Cl)c1. The van der Waals surface area contributed by atoms with Gasteiger partial charge in [-0.3, -0.25) is 9.59 Å². The zero-order valence-corrected chi connectivity index (χ0v) is 17.3. The minimum atomic E-state index is -0.435. The summed E-state index contributed by atoms with van der Waals surface area (Å²) in [4.78, 5) is 24.5. The van der Waals surface area contributed by atoms with Crippen LogP contribution in [-0.4, -0.2) is 29.4 Å². The first kappa shape index (κ1) is 21.4. The van der Waals surface area contributed by atoms with E-state index in [1.165, 1.54) is 11.8 Å². The maximum atomic E-state index is 12.3. The Hall–Kier alpha value is -1.89. The number of carbonyl (C=O) groups excluding carboxylic acids is 2. The number of para-hydroxylation sites is 2. The molecule has 2 rings (SSSR count). The van der Waals surface area contributed by atoms with Crippen molar-refractivity contribution in [2.75, 3.05) is 23.0 Å². The fourth-order valence-electron chi connectivity index (χ4n) is 2.18. The number of benzene rings is 2. The molecule has 1 unspecified atom stereocenters. The first-order valence-corrected chi connectivity index (χ1v) is 10.1. The summed E-state index contributed by atoms with van der Waals surface area (Å²) in [5.74, 6) is 0.297. The zero-order chi connectivity index (χ0) is 19.8. The summed E-state index contributed by atoms with van der Waals surface area (Å²) in [5.41, 5.74) is 1.12. The van der Waals surface area contributed by atoms with Gasteiger partial charge in [0.25, 0.3) is 0 Å². The van der Waals surface area contributed by atoms with Crippen molar-refractivity contribution in [1.29, 1.82) is 0 Å². The lowest BCUT2D eigenvalue weighted by Gasteiger charge is -2.14. The first-order valence-electron chi connectivity index (χ1n) is 8.29. The summed E-state index contributed by atoms with van der Waals surface area (Å²) in [6.07, 6.45) is 0. The number of hydrogen-bond donors (Lipinski definition) is 2. The highest BCUT2D eigenvalue weighted by Crippen LogP contribution is 2.25. The predicted octanol–water partition coefficient (Wildman–Crippen LogP) is 5.09. The maximum absolute atomic E-state index is 12.3. The molecule has 27 heavy (non-hydrogen) atoms. The molecule has 0 heterocycles. The van der Waals surface area contributed by atoms with Gasteiger partial charge in [-0.25, -0.2) is 0 Å². The number of amides is 2. The van der Waals surface area contributed by atoms with Crippen LogP contribution in [0.25, 0.3) is 0 Å². The molecule has 2 N–H and O–H groups in total. The van der Waals surface area contributed by atoms with E-state index in [2.05, 4.69) is 10.6 Å². The Labute approximate surface area is 172 Å². The van der Waals surface area contributed by atoms with E-state index < -0.39 is 5.25 Å². The third-order valence-corrected chi connectivity index (χ3v) is 5.00. The molecule has 0 saturated heterocycles. The van der Waals surface area contributed by atoms with Gasteiger partial charge in [0, 0.05) is 15.7 Å². The monoisotopic (exact) mass is 426 g/mol. The van der Waals surface area contributed by atoms with Gasteiger partial charge in [-0.2, -0.15) is 0 Å². The van der Waals surface area contributed by atoms with Gasteiger partial charge in [0.2, 0.25) is 11.8 Å². The number of rotatable bonds is 8. The largest absolute Gasteiger partial charge is 0.492 e. The molecule has 0 radical (unpaired) electrons. The van der Waals surface area contributed by atoms with Gasteiger partial charge in [0.15, 0.2) is 0 Å². The van der Waals surface area contributed by atoms with Gasteiger partial charge in [0.05, 0.1) is 23.3 Å². The molecule has 0 fully saturated rings. The number of hydrogen-bond acceptors (Lipinski definition) is 4. The molecule has 2 aromatic carbocycles. The molecule has 2 aromatic rings. The highest BCUT2D eigenvalue weighted by atomic mass is 35.5. The van der Waals surface area contributed by atoms with Crippen molar-refractivity contribution < 1.29 is 14.3 Å². The number of thioether (sulfide) groups is 1. The summed E-state index contributed by atoms with van der Waals surface area (Å²) < 4.78 is 5.48. The van der Waals surface area contributed by atoms with E-state index in [-0.39, 0.29) is 17.6 Å². The lowest BCUT2D eigenvalue weighted by atomic mass is 10.3. The quantitative estimate of drug-likeness (QED) is 0.616. The van der Waals surface area contributed by atoms with Crippen LogP contribution in [0.2, 0.25) is 10.0 Å². The summed E-state index contributed by atoms with van der Waals surface area (Å²) in [5, 5.41) is 5.98. The second-order valence-corrected chi connectivity index (χ2v) is 7.78. The normalized spacial score (nSPS) is 11.6. The van der Waals surface area contributed by atoms with Crippen LogP contribution in [0, 0.1) is 0 Å². The second-order valence-electron chi connectivity index (χ2n) is 5.58. The number of halogens is 2. The summed E-state index contributed by atoms with van der Waals surface area (Å²) in [6, 6.07) is 12.0. The smallest absolute Gasteiger partial charge is 0.237 e. The van der Waals surface area contributed by atoms with Crippen molar-refractivity contribution in [3.05, 3.63) is 52.5 Å². The third-order valence-electron chi connectivity index (χ3n) is 3.42. The van der Waals surface area contributed by atoms with Crippen LogP contribution in [-0.2, 0) is 9.59 Å². The molecule has 1 atom stereocenters. The van der Waals surface area contributed by atoms with Crippen molar-refractivity contribution in [1.82, 2.24) is 0 Å². The Balaban J connectivity index is 1.86. The van der Waals surface area contributed by atoms with E-state index in [9.17, 15) is 9.59 Å². The van der Waals surface area contributed by atoms with Crippen molar-refractivity contribution in [3.8, 4) is 5.75 Å².